The standard InChI is InChI=1S/C11H20N4/c1-4-11(2,3)8-13-7-10-14-6-5-9(12)15-10/h5-6,13H,4,7-8H2,1-3H3,(H2,12,14,15). The highest BCUT2D eigenvalue weighted by Crippen LogP contribution is 2.17. The van der Waals surface area contributed by atoms with Crippen LogP contribution in [-0.2, 0) is 6.54 Å². The molecule has 1 rings (SSSR count). The molecule has 0 saturated heterocycles. The van der Waals surface area contributed by atoms with Crippen molar-refractivity contribution in [2.24, 2.45) is 5.41 Å². The molecular weight excluding hydrogens is 188 g/mol. The van der Waals surface area contributed by atoms with Crippen LogP contribution in [0.25, 0.3) is 0 Å². The van der Waals surface area contributed by atoms with E-state index in [1.807, 2.05) is 0 Å². The molecule has 0 aliphatic rings. The lowest BCUT2D eigenvalue weighted by Crippen LogP contribution is -2.29. The number of nitrogens with zero attached hydrogens (tertiary/aromatic N) is 2. The molecule has 1 aromatic rings. The number of hydrogen-bond acceptors (Lipinski definition) is 4. The number of anilines is 1. The van der Waals surface area contributed by atoms with Gasteiger partial charge in [0, 0.05) is 12.7 Å². The summed E-state index contributed by atoms with van der Waals surface area (Å²) in [4.78, 5) is 8.25. The first kappa shape index (κ1) is 11.9. The largest absolute Gasteiger partial charge is 0.384 e. The third kappa shape index (κ3) is 4.25. The van der Waals surface area contributed by atoms with E-state index in [9.17, 15) is 0 Å². The molecule has 0 fully saturated rings. The highest BCUT2D eigenvalue weighted by atomic mass is 15.0. The fourth-order valence-electron chi connectivity index (χ4n) is 1.14. The minimum absolute atomic E-state index is 0.320. The Labute approximate surface area is 91.3 Å². The molecule has 4 heteroatoms. The number of nitrogens with one attached hydrogen (secondary N) is 1. The Bertz CT molecular complexity index is 309. The van der Waals surface area contributed by atoms with Crippen LogP contribution in [0.4, 0.5) is 5.82 Å². The lowest BCUT2D eigenvalue weighted by Gasteiger charge is -2.22. The average molecular weight is 208 g/mol. The van der Waals surface area contributed by atoms with Crippen molar-refractivity contribution >= 4 is 5.82 Å². The molecule has 0 spiro atoms. The van der Waals surface area contributed by atoms with Gasteiger partial charge in [0.1, 0.15) is 11.6 Å². The first-order chi connectivity index (χ1) is 7.03. The van der Waals surface area contributed by atoms with Crippen LogP contribution in [0.15, 0.2) is 12.3 Å². The molecule has 0 atom stereocenters. The molecule has 0 aromatic carbocycles. The van der Waals surface area contributed by atoms with Crippen molar-refractivity contribution in [2.75, 3.05) is 12.3 Å². The maximum absolute atomic E-state index is 5.56. The smallest absolute Gasteiger partial charge is 0.144 e. The minimum Gasteiger partial charge on any atom is -0.384 e. The fourth-order valence-corrected chi connectivity index (χ4v) is 1.14. The van der Waals surface area contributed by atoms with E-state index < -0.39 is 0 Å². The van der Waals surface area contributed by atoms with Gasteiger partial charge < -0.3 is 11.1 Å². The minimum atomic E-state index is 0.320. The molecule has 1 heterocycles. The molecule has 1 aromatic heterocycles. The van der Waals surface area contributed by atoms with E-state index >= 15 is 0 Å². The topological polar surface area (TPSA) is 63.8 Å². The number of rotatable bonds is 5. The Balaban J connectivity index is 2.38. The summed E-state index contributed by atoms with van der Waals surface area (Å²) in [7, 11) is 0. The van der Waals surface area contributed by atoms with Gasteiger partial charge in [-0.3, -0.25) is 0 Å². The van der Waals surface area contributed by atoms with Gasteiger partial charge in [-0.1, -0.05) is 20.8 Å². The monoisotopic (exact) mass is 208 g/mol. The maximum atomic E-state index is 5.56. The molecule has 0 bridgehead atoms. The predicted molar refractivity (Wildman–Crippen MR) is 62.2 cm³/mol. The van der Waals surface area contributed by atoms with Crippen LogP contribution in [0, 0.1) is 5.41 Å². The first-order valence-corrected chi connectivity index (χ1v) is 5.31. The Morgan fingerprint density at radius 3 is 2.80 bits per heavy atom. The summed E-state index contributed by atoms with van der Waals surface area (Å²) in [5, 5.41) is 3.34. The van der Waals surface area contributed by atoms with Gasteiger partial charge in [0.2, 0.25) is 0 Å². The van der Waals surface area contributed by atoms with Crippen molar-refractivity contribution in [1.82, 2.24) is 15.3 Å². The van der Waals surface area contributed by atoms with Crippen molar-refractivity contribution in [3.05, 3.63) is 18.1 Å². The van der Waals surface area contributed by atoms with Crippen LogP contribution in [0.1, 0.15) is 33.0 Å². The van der Waals surface area contributed by atoms with Gasteiger partial charge in [-0.2, -0.15) is 0 Å². The second kappa shape index (κ2) is 5.07. The molecule has 0 saturated carbocycles. The molecule has 0 radical (unpaired) electrons. The van der Waals surface area contributed by atoms with Gasteiger partial charge in [-0.15, -0.1) is 0 Å². The number of aromatic nitrogens is 2. The van der Waals surface area contributed by atoms with Gasteiger partial charge >= 0.3 is 0 Å². The van der Waals surface area contributed by atoms with E-state index in [4.69, 9.17) is 5.73 Å². The van der Waals surface area contributed by atoms with E-state index in [2.05, 4.69) is 36.1 Å². The van der Waals surface area contributed by atoms with E-state index in [-0.39, 0.29) is 0 Å². The quantitative estimate of drug-likeness (QED) is 0.771. The van der Waals surface area contributed by atoms with Crippen LogP contribution in [-0.4, -0.2) is 16.5 Å². The third-order valence-corrected chi connectivity index (χ3v) is 2.57. The molecule has 4 nitrogen and oxygen atoms in total. The zero-order valence-corrected chi connectivity index (χ0v) is 9.75. The third-order valence-electron chi connectivity index (χ3n) is 2.57. The van der Waals surface area contributed by atoms with Gasteiger partial charge in [-0.25, -0.2) is 9.97 Å². The first-order valence-electron chi connectivity index (χ1n) is 5.31. The molecule has 84 valence electrons. The predicted octanol–water partition coefficient (Wildman–Crippen LogP) is 1.58. The van der Waals surface area contributed by atoms with Crippen molar-refractivity contribution in [1.29, 1.82) is 0 Å². The highest BCUT2D eigenvalue weighted by molar-refractivity contribution is 5.24. The summed E-state index contributed by atoms with van der Waals surface area (Å²) >= 11 is 0. The Kier molecular flexibility index (Phi) is 4.03. The second-order valence-corrected chi connectivity index (χ2v) is 4.52. The second-order valence-electron chi connectivity index (χ2n) is 4.52. The summed E-state index contributed by atoms with van der Waals surface area (Å²) in [6.45, 7) is 8.30. The molecule has 0 amide bonds. The highest BCUT2D eigenvalue weighted by Gasteiger charge is 2.13. The average Bonchev–Trinajstić information content (AvgIpc) is 2.18. The van der Waals surface area contributed by atoms with Crippen molar-refractivity contribution in [3.63, 3.8) is 0 Å². The maximum Gasteiger partial charge on any atom is 0.144 e. The van der Waals surface area contributed by atoms with Gasteiger partial charge in [0.25, 0.3) is 0 Å². The zero-order valence-electron chi connectivity index (χ0n) is 9.75. The lowest BCUT2D eigenvalue weighted by atomic mass is 9.90. The van der Waals surface area contributed by atoms with Crippen molar-refractivity contribution < 1.29 is 0 Å². The van der Waals surface area contributed by atoms with E-state index in [1.54, 1.807) is 12.3 Å². The summed E-state index contributed by atoms with van der Waals surface area (Å²) in [6.07, 6.45) is 2.84. The van der Waals surface area contributed by atoms with Crippen LogP contribution in [0.3, 0.4) is 0 Å². The van der Waals surface area contributed by atoms with Crippen LogP contribution >= 0.6 is 0 Å². The number of hydrogen-bond donors (Lipinski definition) is 2. The molecule has 0 unspecified atom stereocenters. The summed E-state index contributed by atoms with van der Waals surface area (Å²) in [5.41, 5.74) is 5.88. The lowest BCUT2D eigenvalue weighted by molar-refractivity contribution is 0.326. The van der Waals surface area contributed by atoms with E-state index in [1.165, 1.54) is 0 Å². The molecule has 0 aliphatic heterocycles. The number of nitrogen functional groups attached to an aromatic ring is 1. The molecular formula is C11H20N4. The van der Waals surface area contributed by atoms with Crippen LogP contribution < -0.4 is 11.1 Å². The van der Waals surface area contributed by atoms with Crippen LogP contribution in [0.2, 0.25) is 0 Å². The van der Waals surface area contributed by atoms with Gasteiger partial charge in [0.05, 0.1) is 6.54 Å². The Hall–Kier alpha value is -1.16. The molecule has 15 heavy (non-hydrogen) atoms. The molecule has 0 aliphatic carbocycles. The Morgan fingerprint density at radius 2 is 2.20 bits per heavy atom. The van der Waals surface area contributed by atoms with Gasteiger partial charge in [0.15, 0.2) is 0 Å². The summed E-state index contributed by atoms with van der Waals surface area (Å²) in [6, 6.07) is 1.69. The van der Waals surface area contributed by atoms with Crippen LogP contribution in [0.5, 0.6) is 0 Å². The Morgan fingerprint density at radius 1 is 1.47 bits per heavy atom. The van der Waals surface area contributed by atoms with E-state index in [0.717, 1.165) is 18.8 Å². The van der Waals surface area contributed by atoms with Gasteiger partial charge in [-0.05, 0) is 17.9 Å². The SMILES string of the molecule is CCC(C)(C)CNCc1nccc(N)n1. The van der Waals surface area contributed by atoms with E-state index in [0.29, 0.717) is 17.8 Å². The normalized spacial score (nSPS) is 11.7. The fraction of sp³-hybridized carbons (Fsp3) is 0.636. The summed E-state index contributed by atoms with van der Waals surface area (Å²) in [5.74, 6) is 1.28. The molecule has 3 N–H and O–H groups in total. The zero-order chi connectivity index (χ0) is 11.3. The number of nitrogens with two attached hydrogens (primary N) is 1. The van der Waals surface area contributed by atoms with Crippen molar-refractivity contribution in [2.45, 2.75) is 33.7 Å². The summed E-state index contributed by atoms with van der Waals surface area (Å²) < 4.78 is 0. The van der Waals surface area contributed by atoms with Crippen molar-refractivity contribution in [3.8, 4) is 0 Å².